The highest BCUT2D eigenvalue weighted by atomic mass is 16.7. The molecule has 0 aromatic carbocycles. The van der Waals surface area contributed by atoms with Gasteiger partial charge < -0.3 is 14.6 Å². The van der Waals surface area contributed by atoms with Crippen LogP contribution in [-0.4, -0.2) is 30.6 Å². The van der Waals surface area contributed by atoms with E-state index < -0.39 is 5.97 Å². The number of carboxylic acid groups (broad SMARTS) is 1. The number of carbonyl (C=O) groups is 1. The number of allylic oxidation sites excluding steroid dienone is 3. The molecule has 0 aromatic rings. The minimum Gasteiger partial charge on any atom is -0.481 e. The van der Waals surface area contributed by atoms with Crippen LogP contribution in [0.5, 0.6) is 0 Å². The van der Waals surface area contributed by atoms with Crippen LogP contribution in [0.3, 0.4) is 0 Å². The molecule has 0 aromatic heterocycles. The molecule has 0 bridgehead atoms. The number of rotatable bonds is 9. The van der Waals surface area contributed by atoms with Crippen LogP contribution in [0, 0.1) is 0 Å². The average Bonchev–Trinajstić information content (AvgIpc) is 2.46. The van der Waals surface area contributed by atoms with Gasteiger partial charge in [0.1, 0.15) is 0 Å². The molecule has 120 valence electrons. The molecular formula is C17H28O4. The Balaban J connectivity index is 2.13. The van der Waals surface area contributed by atoms with Crippen molar-refractivity contribution in [3.05, 3.63) is 23.3 Å². The fourth-order valence-corrected chi connectivity index (χ4v) is 2.19. The number of carboxylic acids is 1. The van der Waals surface area contributed by atoms with Crippen LogP contribution in [0.25, 0.3) is 0 Å². The van der Waals surface area contributed by atoms with Gasteiger partial charge in [-0.2, -0.15) is 0 Å². The first kappa shape index (κ1) is 17.9. The van der Waals surface area contributed by atoms with Crippen LogP contribution in [0.1, 0.15) is 58.8 Å². The number of aliphatic carboxylic acids is 1. The lowest BCUT2D eigenvalue weighted by Gasteiger charge is -2.22. The monoisotopic (exact) mass is 296 g/mol. The van der Waals surface area contributed by atoms with E-state index in [0.29, 0.717) is 13.0 Å². The molecule has 1 fully saturated rings. The molecule has 1 unspecified atom stereocenters. The summed E-state index contributed by atoms with van der Waals surface area (Å²) in [6.07, 6.45) is 10.3. The van der Waals surface area contributed by atoms with E-state index in [1.54, 1.807) is 0 Å². The van der Waals surface area contributed by atoms with Crippen molar-refractivity contribution in [3.8, 4) is 0 Å². The summed E-state index contributed by atoms with van der Waals surface area (Å²) in [5.74, 6) is -0.735. The Kier molecular flexibility index (Phi) is 9.02. The van der Waals surface area contributed by atoms with Crippen molar-refractivity contribution < 1.29 is 19.4 Å². The molecule has 1 aliphatic heterocycles. The van der Waals surface area contributed by atoms with E-state index >= 15 is 0 Å². The van der Waals surface area contributed by atoms with Gasteiger partial charge in [0, 0.05) is 13.0 Å². The fraction of sp³-hybridized carbons (Fsp3) is 0.706. The predicted octanol–water partition coefficient (Wildman–Crippen LogP) is 4.07. The van der Waals surface area contributed by atoms with E-state index in [1.165, 1.54) is 12.0 Å². The standard InChI is InChI=1S/C17H28O4/c1-14(9-10-16(18)19)6-5-7-15(2)11-13-21-17-8-3-4-12-20-17/h6,11,17H,3-5,7-10,12-13H2,1-2H3,(H,18,19)/b14-6+,15-11+. The Hall–Kier alpha value is -1.13. The smallest absolute Gasteiger partial charge is 0.303 e. The van der Waals surface area contributed by atoms with Crippen LogP contribution in [0.4, 0.5) is 0 Å². The van der Waals surface area contributed by atoms with E-state index in [2.05, 4.69) is 19.1 Å². The van der Waals surface area contributed by atoms with Gasteiger partial charge in [-0.1, -0.05) is 23.3 Å². The highest BCUT2D eigenvalue weighted by molar-refractivity contribution is 5.66. The van der Waals surface area contributed by atoms with Gasteiger partial charge in [0.15, 0.2) is 6.29 Å². The fourth-order valence-electron chi connectivity index (χ4n) is 2.19. The second-order valence-corrected chi connectivity index (χ2v) is 5.66. The van der Waals surface area contributed by atoms with Gasteiger partial charge in [-0.25, -0.2) is 0 Å². The van der Waals surface area contributed by atoms with Crippen molar-refractivity contribution in [2.24, 2.45) is 0 Å². The molecule has 4 heteroatoms. The molecule has 1 saturated heterocycles. The molecule has 1 rings (SSSR count). The molecule has 1 heterocycles. The van der Waals surface area contributed by atoms with Gasteiger partial charge >= 0.3 is 5.97 Å². The molecule has 0 aliphatic carbocycles. The summed E-state index contributed by atoms with van der Waals surface area (Å²) in [5, 5.41) is 8.62. The third kappa shape index (κ3) is 9.43. The quantitative estimate of drug-likeness (QED) is 0.652. The van der Waals surface area contributed by atoms with Crippen molar-refractivity contribution in [3.63, 3.8) is 0 Å². The lowest BCUT2D eigenvalue weighted by molar-refractivity contribution is -0.155. The van der Waals surface area contributed by atoms with E-state index in [1.807, 2.05) is 6.92 Å². The van der Waals surface area contributed by atoms with Gasteiger partial charge in [0.2, 0.25) is 0 Å². The summed E-state index contributed by atoms with van der Waals surface area (Å²) in [6, 6.07) is 0. The maximum Gasteiger partial charge on any atom is 0.303 e. The first-order chi connectivity index (χ1) is 10.1. The molecule has 0 saturated carbocycles. The van der Waals surface area contributed by atoms with Gasteiger partial charge in [-0.3, -0.25) is 4.79 Å². The SMILES string of the molecule is C/C(=C\COC1CCCCO1)CC/C=C(\C)CCC(=O)O. The minimum absolute atomic E-state index is 0.0269. The van der Waals surface area contributed by atoms with E-state index in [-0.39, 0.29) is 12.7 Å². The maximum absolute atomic E-state index is 10.5. The van der Waals surface area contributed by atoms with Gasteiger partial charge in [0.05, 0.1) is 6.61 Å². The zero-order valence-electron chi connectivity index (χ0n) is 13.3. The highest BCUT2D eigenvalue weighted by Gasteiger charge is 2.12. The van der Waals surface area contributed by atoms with Crippen LogP contribution >= 0.6 is 0 Å². The maximum atomic E-state index is 10.5. The Morgan fingerprint density at radius 1 is 1.19 bits per heavy atom. The van der Waals surface area contributed by atoms with Gasteiger partial charge in [0.25, 0.3) is 0 Å². The Morgan fingerprint density at radius 2 is 1.95 bits per heavy atom. The molecule has 4 nitrogen and oxygen atoms in total. The molecule has 1 N–H and O–H groups in total. The summed E-state index contributed by atoms with van der Waals surface area (Å²) in [6.45, 7) is 5.52. The van der Waals surface area contributed by atoms with Crippen LogP contribution in [0.2, 0.25) is 0 Å². The zero-order valence-corrected chi connectivity index (χ0v) is 13.3. The van der Waals surface area contributed by atoms with Crippen molar-refractivity contribution >= 4 is 5.97 Å². The first-order valence-corrected chi connectivity index (χ1v) is 7.84. The van der Waals surface area contributed by atoms with Gasteiger partial charge in [-0.05, 0) is 52.4 Å². The molecule has 0 spiro atoms. The van der Waals surface area contributed by atoms with E-state index in [0.717, 1.165) is 37.9 Å². The minimum atomic E-state index is -0.735. The predicted molar refractivity (Wildman–Crippen MR) is 83.2 cm³/mol. The highest BCUT2D eigenvalue weighted by Crippen LogP contribution is 2.14. The van der Waals surface area contributed by atoms with Crippen molar-refractivity contribution in [2.75, 3.05) is 13.2 Å². The van der Waals surface area contributed by atoms with Crippen molar-refractivity contribution in [1.29, 1.82) is 0 Å². The summed E-state index contributed by atoms with van der Waals surface area (Å²) in [4.78, 5) is 10.5. The number of hydrogen-bond acceptors (Lipinski definition) is 3. The average molecular weight is 296 g/mol. The van der Waals surface area contributed by atoms with E-state index in [9.17, 15) is 4.79 Å². The second kappa shape index (κ2) is 10.6. The first-order valence-electron chi connectivity index (χ1n) is 7.84. The summed E-state index contributed by atoms with van der Waals surface area (Å²) in [7, 11) is 0. The van der Waals surface area contributed by atoms with Crippen LogP contribution < -0.4 is 0 Å². The summed E-state index contributed by atoms with van der Waals surface area (Å²) < 4.78 is 11.2. The molecule has 1 atom stereocenters. The van der Waals surface area contributed by atoms with Crippen LogP contribution in [0.15, 0.2) is 23.3 Å². The summed E-state index contributed by atoms with van der Waals surface area (Å²) >= 11 is 0. The molecular weight excluding hydrogens is 268 g/mol. The largest absolute Gasteiger partial charge is 0.481 e. The Labute approximate surface area is 127 Å². The molecule has 0 radical (unpaired) electrons. The topological polar surface area (TPSA) is 55.8 Å². The Morgan fingerprint density at radius 3 is 2.62 bits per heavy atom. The van der Waals surface area contributed by atoms with Crippen molar-refractivity contribution in [1.82, 2.24) is 0 Å². The van der Waals surface area contributed by atoms with Crippen LogP contribution in [-0.2, 0) is 14.3 Å². The zero-order chi connectivity index (χ0) is 15.5. The third-order valence-corrected chi connectivity index (χ3v) is 3.62. The van der Waals surface area contributed by atoms with E-state index in [4.69, 9.17) is 14.6 Å². The summed E-state index contributed by atoms with van der Waals surface area (Å²) in [5.41, 5.74) is 2.45. The normalized spacial score (nSPS) is 20.6. The lowest BCUT2D eigenvalue weighted by atomic mass is 10.1. The molecule has 1 aliphatic rings. The van der Waals surface area contributed by atoms with Gasteiger partial charge in [-0.15, -0.1) is 0 Å². The lowest BCUT2D eigenvalue weighted by Crippen LogP contribution is -2.22. The number of hydrogen-bond donors (Lipinski definition) is 1. The Bertz CT molecular complexity index is 365. The third-order valence-electron chi connectivity index (χ3n) is 3.62. The molecule has 21 heavy (non-hydrogen) atoms. The number of ether oxygens (including phenoxy) is 2. The van der Waals surface area contributed by atoms with Crippen molar-refractivity contribution in [2.45, 2.75) is 65.1 Å². The second-order valence-electron chi connectivity index (χ2n) is 5.66. The molecule has 0 amide bonds.